The van der Waals surface area contributed by atoms with E-state index in [4.69, 9.17) is 9.47 Å². The lowest BCUT2D eigenvalue weighted by Crippen LogP contribution is -2.16. The third-order valence-corrected chi connectivity index (χ3v) is 5.25. The van der Waals surface area contributed by atoms with E-state index in [0.29, 0.717) is 30.8 Å². The molecule has 0 radical (unpaired) electrons. The molecule has 0 atom stereocenters. The number of esters is 2. The van der Waals surface area contributed by atoms with Crippen molar-refractivity contribution in [1.29, 1.82) is 0 Å². The third-order valence-electron chi connectivity index (χ3n) is 5.25. The first-order valence-corrected chi connectivity index (χ1v) is 12.1. The Morgan fingerprint density at radius 2 is 0.966 bits per heavy atom. The largest absolute Gasteiger partial charge is 0.462 e. The van der Waals surface area contributed by atoms with E-state index in [1.165, 1.54) is 51.4 Å². The van der Waals surface area contributed by atoms with Gasteiger partial charge < -0.3 is 9.47 Å². The zero-order chi connectivity index (χ0) is 21.7. The van der Waals surface area contributed by atoms with E-state index in [-0.39, 0.29) is 11.9 Å². The Morgan fingerprint density at radius 3 is 1.45 bits per heavy atom. The maximum absolute atomic E-state index is 12.5. The normalized spacial score (nSPS) is 11.9. The average molecular weight is 411 g/mol. The van der Waals surface area contributed by atoms with Gasteiger partial charge in [0.05, 0.1) is 13.2 Å². The molecule has 0 N–H and O–H groups in total. The van der Waals surface area contributed by atoms with Gasteiger partial charge in [0.25, 0.3) is 0 Å². The van der Waals surface area contributed by atoms with Crippen LogP contribution in [0.15, 0.2) is 11.1 Å². The van der Waals surface area contributed by atoms with Crippen LogP contribution in [0.5, 0.6) is 0 Å². The molecule has 29 heavy (non-hydrogen) atoms. The molecule has 0 saturated carbocycles. The van der Waals surface area contributed by atoms with Crippen LogP contribution >= 0.6 is 0 Å². The zero-order valence-corrected chi connectivity index (χ0v) is 19.7. The quantitative estimate of drug-likeness (QED) is 0.127. The van der Waals surface area contributed by atoms with Crippen molar-refractivity contribution in [3.63, 3.8) is 0 Å². The average Bonchev–Trinajstić information content (AvgIpc) is 2.72. The Balaban J connectivity index is 4.40. The summed E-state index contributed by atoms with van der Waals surface area (Å²) in [6.45, 7) is 9.03. The standard InChI is InChI=1S/C25H46O4/c1-5-8-11-13-15-17-20-28-24(26)22(4)23(19-10-7-3)25(27)29-21-18-16-14-12-9-6-2/h5-21H2,1-4H3. The molecule has 0 spiro atoms. The summed E-state index contributed by atoms with van der Waals surface area (Å²) in [5.74, 6) is -0.720. The van der Waals surface area contributed by atoms with Crippen LogP contribution in [0, 0.1) is 0 Å². The Bertz CT molecular complexity index is 454. The molecule has 0 amide bonds. The van der Waals surface area contributed by atoms with Gasteiger partial charge in [-0.3, -0.25) is 0 Å². The van der Waals surface area contributed by atoms with Gasteiger partial charge in [-0.25, -0.2) is 9.59 Å². The van der Waals surface area contributed by atoms with Crippen LogP contribution in [0.3, 0.4) is 0 Å². The second kappa shape index (κ2) is 20.0. The van der Waals surface area contributed by atoms with Crippen molar-refractivity contribution in [2.24, 2.45) is 0 Å². The second-order valence-corrected chi connectivity index (χ2v) is 8.01. The fraction of sp³-hybridized carbons (Fsp3) is 0.840. The monoisotopic (exact) mass is 410 g/mol. The van der Waals surface area contributed by atoms with Gasteiger partial charge >= 0.3 is 11.9 Å². The molecule has 0 aliphatic heterocycles. The van der Waals surface area contributed by atoms with Gasteiger partial charge in [-0.15, -0.1) is 0 Å². The van der Waals surface area contributed by atoms with E-state index in [2.05, 4.69) is 20.8 Å². The summed E-state index contributed by atoms with van der Waals surface area (Å²) in [5.41, 5.74) is 0.906. The van der Waals surface area contributed by atoms with Crippen LogP contribution in [-0.4, -0.2) is 25.2 Å². The van der Waals surface area contributed by atoms with E-state index < -0.39 is 0 Å². The highest BCUT2D eigenvalue weighted by Crippen LogP contribution is 2.17. The van der Waals surface area contributed by atoms with Crippen molar-refractivity contribution in [3.8, 4) is 0 Å². The molecule has 0 aromatic rings. The summed E-state index contributed by atoms with van der Waals surface area (Å²) in [6, 6.07) is 0. The molecule has 0 aliphatic carbocycles. The van der Waals surface area contributed by atoms with Crippen LogP contribution in [0.25, 0.3) is 0 Å². The Labute approximate surface area is 179 Å². The highest BCUT2D eigenvalue weighted by molar-refractivity contribution is 5.99. The third kappa shape index (κ3) is 15.2. The van der Waals surface area contributed by atoms with Gasteiger partial charge in [-0.1, -0.05) is 91.4 Å². The molecule has 4 heteroatoms. The minimum Gasteiger partial charge on any atom is -0.462 e. The van der Waals surface area contributed by atoms with E-state index in [1.807, 2.05) is 0 Å². The predicted octanol–water partition coefficient (Wildman–Crippen LogP) is 7.30. The molecule has 0 aromatic carbocycles. The first kappa shape index (κ1) is 27.7. The van der Waals surface area contributed by atoms with Gasteiger partial charge in [0.1, 0.15) is 0 Å². The SMILES string of the molecule is CCCCCCCCOC(=O)C(C)=C(CCCC)C(=O)OCCCCCCCC. The number of carbonyl (C=O) groups is 2. The summed E-state index contributed by atoms with van der Waals surface area (Å²) in [6.07, 6.45) is 16.2. The summed E-state index contributed by atoms with van der Waals surface area (Å²) in [4.78, 5) is 24.9. The Hall–Kier alpha value is -1.32. The molecule has 0 bridgehead atoms. The lowest BCUT2D eigenvalue weighted by molar-refractivity contribution is -0.142. The van der Waals surface area contributed by atoms with E-state index in [9.17, 15) is 9.59 Å². The van der Waals surface area contributed by atoms with Crippen LogP contribution in [0.2, 0.25) is 0 Å². The molecular weight excluding hydrogens is 364 g/mol. The van der Waals surface area contributed by atoms with Crippen molar-refractivity contribution in [2.75, 3.05) is 13.2 Å². The molecular formula is C25H46O4. The predicted molar refractivity (Wildman–Crippen MR) is 121 cm³/mol. The van der Waals surface area contributed by atoms with Crippen LogP contribution in [0.4, 0.5) is 0 Å². The maximum atomic E-state index is 12.5. The minimum absolute atomic E-state index is 0.346. The van der Waals surface area contributed by atoms with Gasteiger partial charge in [-0.2, -0.15) is 0 Å². The van der Waals surface area contributed by atoms with Crippen molar-refractivity contribution in [3.05, 3.63) is 11.1 Å². The van der Waals surface area contributed by atoms with E-state index in [0.717, 1.165) is 38.5 Å². The zero-order valence-electron chi connectivity index (χ0n) is 19.7. The van der Waals surface area contributed by atoms with Crippen molar-refractivity contribution < 1.29 is 19.1 Å². The molecule has 0 heterocycles. The smallest absolute Gasteiger partial charge is 0.334 e. The topological polar surface area (TPSA) is 52.6 Å². The summed E-state index contributed by atoms with van der Waals surface area (Å²) in [5, 5.41) is 0. The highest BCUT2D eigenvalue weighted by atomic mass is 16.5. The molecule has 0 fully saturated rings. The maximum Gasteiger partial charge on any atom is 0.334 e. The van der Waals surface area contributed by atoms with Gasteiger partial charge in [0.2, 0.25) is 0 Å². The Morgan fingerprint density at radius 1 is 0.552 bits per heavy atom. The summed E-state index contributed by atoms with van der Waals surface area (Å²) < 4.78 is 10.9. The van der Waals surface area contributed by atoms with Crippen LogP contribution in [0.1, 0.15) is 124 Å². The minimum atomic E-state index is -0.374. The summed E-state index contributed by atoms with van der Waals surface area (Å²) in [7, 11) is 0. The van der Waals surface area contributed by atoms with Gasteiger partial charge in [-0.05, 0) is 32.6 Å². The fourth-order valence-electron chi connectivity index (χ4n) is 3.21. The molecule has 0 aliphatic rings. The number of hydrogen-bond acceptors (Lipinski definition) is 4. The lowest BCUT2D eigenvalue weighted by atomic mass is 10.0. The second-order valence-electron chi connectivity index (χ2n) is 8.01. The van der Waals surface area contributed by atoms with Crippen molar-refractivity contribution >= 4 is 11.9 Å². The number of rotatable bonds is 19. The summed E-state index contributed by atoms with van der Waals surface area (Å²) >= 11 is 0. The number of carbonyl (C=O) groups excluding carboxylic acids is 2. The van der Waals surface area contributed by atoms with Gasteiger partial charge in [0, 0.05) is 11.1 Å². The molecule has 0 aromatic heterocycles. The highest BCUT2D eigenvalue weighted by Gasteiger charge is 2.19. The first-order chi connectivity index (χ1) is 14.1. The lowest BCUT2D eigenvalue weighted by Gasteiger charge is -2.12. The van der Waals surface area contributed by atoms with E-state index >= 15 is 0 Å². The first-order valence-electron chi connectivity index (χ1n) is 12.1. The molecule has 0 rings (SSSR count). The number of hydrogen-bond donors (Lipinski definition) is 0. The van der Waals surface area contributed by atoms with Crippen LogP contribution < -0.4 is 0 Å². The number of ether oxygens (including phenoxy) is 2. The van der Waals surface area contributed by atoms with Gasteiger partial charge in [0.15, 0.2) is 0 Å². The van der Waals surface area contributed by atoms with Crippen molar-refractivity contribution in [2.45, 2.75) is 124 Å². The number of unbranched alkanes of at least 4 members (excludes halogenated alkanes) is 11. The fourth-order valence-corrected chi connectivity index (χ4v) is 3.21. The molecule has 4 nitrogen and oxygen atoms in total. The molecule has 170 valence electrons. The van der Waals surface area contributed by atoms with Crippen molar-refractivity contribution in [1.82, 2.24) is 0 Å². The van der Waals surface area contributed by atoms with Crippen LogP contribution in [-0.2, 0) is 19.1 Å². The van der Waals surface area contributed by atoms with E-state index in [1.54, 1.807) is 6.92 Å². The molecule has 0 saturated heterocycles. The Kier molecular flexibility index (Phi) is 19.1. The molecule has 0 unspecified atom stereocenters.